The topological polar surface area (TPSA) is 58.7 Å². The summed E-state index contributed by atoms with van der Waals surface area (Å²) in [5.41, 5.74) is 3.41. The summed E-state index contributed by atoms with van der Waals surface area (Å²) < 4.78 is 26.1. The molecule has 4 aromatic rings. The molecule has 3 aromatic carbocycles. The van der Waals surface area contributed by atoms with E-state index in [1.807, 2.05) is 60.7 Å². The van der Waals surface area contributed by atoms with Crippen LogP contribution in [0.1, 0.15) is 47.9 Å². The van der Waals surface area contributed by atoms with Crippen molar-refractivity contribution in [2.24, 2.45) is 5.92 Å². The number of aliphatic hydroxyl groups is 1. The van der Waals surface area contributed by atoms with Gasteiger partial charge in [0, 0.05) is 29.8 Å². The number of hydrogen-bond acceptors (Lipinski definition) is 5. The van der Waals surface area contributed by atoms with Gasteiger partial charge in [0.25, 0.3) is 0 Å². The Bertz CT molecular complexity index is 1390. The minimum atomic E-state index is -1.36. The summed E-state index contributed by atoms with van der Waals surface area (Å²) in [6, 6.07) is 22.8. The zero-order valence-electron chi connectivity index (χ0n) is 21.2. The van der Waals surface area contributed by atoms with Gasteiger partial charge < -0.3 is 14.4 Å². The van der Waals surface area contributed by atoms with Gasteiger partial charge in [0.1, 0.15) is 23.4 Å². The fraction of sp³-hybridized carbons (Fsp3) is 0.323. The van der Waals surface area contributed by atoms with E-state index >= 15 is 0 Å². The molecule has 0 spiro atoms. The summed E-state index contributed by atoms with van der Waals surface area (Å²) in [5, 5.41) is 16.4. The van der Waals surface area contributed by atoms with Crippen molar-refractivity contribution in [3.63, 3.8) is 0 Å². The molecule has 1 aliphatic heterocycles. The molecule has 2 aliphatic rings. The van der Waals surface area contributed by atoms with E-state index in [1.165, 1.54) is 6.07 Å². The van der Waals surface area contributed by atoms with Crippen LogP contribution in [0.3, 0.4) is 0 Å². The number of ether oxygens (including phenoxy) is 1. The van der Waals surface area contributed by atoms with Gasteiger partial charge in [-0.1, -0.05) is 66.7 Å². The molecule has 0 radical (unpaired) electrons. The van der Waals surface area contributed by atoms with Crippen molar-refractivity contribution in [2.45, 2.75) is 44.9 Å². The first-order valence-corrected chi connectivity index (χ1v) is 13.0. The van der Waals surface area contributed by atoms with Gasteiger partial charge in [-0.2, -0.15) is 0 Å². The van der Waals surface area contributed by atoms with Crippen molar-refractivity contribution in [2.75, 3.05) is 13.1 Å². The molecule has 2 unspecified atom stereocenters. The smallest absolute Gasteiger partial charge is 0.161 e. The molecule has 0 bridgehead atoms. The largest absolute Gasteiger partial charge is 0.489 e. The van der Waals surface area contributed by atoms with Gasteiger partial charge in [0.2, 0.25) is 0 Å². The first kappa shape index (κ1) is 23.9. The summed E-state index contributed by atoms with van der Waals surface area (Å²) in [6.07, 6.45) is 1.95. The van der Waals surface area contributed by atoms with Gasteiger partial charge in [0.15, 0.2) is 11.4 Å². The maximum Gasteiger partial charge on any atom is 0.161 e. The fourth-order valence-electron chi connectivity index (χ4n) is 5.86. The van der Waals surface area contributed by atoms with Crippen LogP contribution in [0.2, 0.25) is 0 Å². The van der Waals surface area contributed by atoms with E-state index in [1.54, 1.807) is 13.0 Å². The maximum absolute atomic E-state index is 14.1. The highest BCUT2D eigenvalue weighted by molar-refractivity contribution is 5.81. The highest BCUT2D eigenvalue weighted by Gasteiger charge is 2.45. The molecule has 6 heteroatoms. The lowest BCUT2D eigenvalue weighted by molar-refractivity contribution is 0.0306. The molecule has 1 N–H and O–H groups in total. The van der Waals surface area contributed by atoms with Crippen LogP contribution in [-0.2, 0) is 12.1 Å². The predicted octanol–water partition coefficient (Wildman–Crippen LogP) is 6.07. The van der Waals surface area contributed by atoms with Gasteiger partial charge in [0.05, 0.1) is 6.54 Å². The second-order valence-corrected chi connectivity index (χ2v) is 10.2. The fourth-order valence-corrected chi connectivity index (χ4v) is 5.86. The van der Waals surface area contributed by atoms with Crippen LogP contribution in [0, 0.1) is 18.7 Å². The third-order valence-corrected chi connectivity index (χ3v) is 7.97. The Labute approximate surface area is 216 Å². The third-order valence-electron chi connectivity index (χ3n) is 7.97. The molecule has 1 aliphatic carbocycles. The molecule has 6 rings (SSSR count). The minimum absolute atomic E-state index is 0.0407. The highest BCUT2D eigenvalue weighted by atomic mass is 19.1. The Morgan fingerprint density at radius 3 is 2.43 bits per heavy atom. The molecule has 2 atom stereocenters. The van der Waals surface area contributed by atoms with Crippen molar-refractivity contribution in [1.82, 2.24) is 10.1 Å². The SMILES string of the molecule is CCC1CCN(Cc2cc(C3(O)c4ccccc4-c4ccccc43)no2)CC1Oc1ccc(C)c(F)c1. The standard InChI is InChI=1S/C31H31FN2O3/c1-3-21-14-15-34(19-29(21)36-22-13-12-20(2)28(32)16-22)18-23-17-30(33-37-23)31(35)26-10-6-4-8-24(26)25-9-5-7-11-27(25)31/h4-13,16-17,21,29,35H,3,14-15,18-19H2,1-2H3. The number of piperidine rings is 1. The minimum Gasteiger partial charge on any atom is -0.489 e. The van der Waals surface area contributed by atoms with Crippen molar-refractivity contribution in [3.8, 4) is 16.9 Å². The molecule has 190 valence electrons. The number of benzene rings is 3. The first-order chi connectivity index (χ1) is 18.0. The molecule has 1 aromatic heterocycles. The zero-order chi connectivity index (χ0) is 25.6. The zero-order valence-corrected chi connectivity index (χ0v) is 21.2. The first-order valence-electron chi connectivity index (χ1n) is 13.0. The molecule has 1 fully saturated rings. The Morgan fingerprint density at radius 2 is 1.76 bits per heavy atom. The number of halogens is 1. The van der Waals surface area contributed by atoms with Crippen LogP contribution in [-0.4, -0.2) is 34.4 Å². The van der Waals surface area contributed by atoms with Crippen LogP contribution in [0.4, 0.5) is 4.39 Å². The molecular formula is C31H31FN2O3. The lowest BCUT2D eigenvalue weighted by Gasteiger charge is -2.37. The van der Waals surface area contributed by atoms with E-state index in [-0.39, 0.29) is 11.9 Å². The number of fused-ring (bicyclic) bond motifs is 3. The van der Waals surface area contributed by atoms with Crippen LogP contribution in [0.5, 0.6) is 5.75 Å². The molecule has 0 amide bonds. The van der Waals surface area contributed by atoms with Crippen molar-refractivity contribution in [3.05, 3.63) is 107 Å². The third kappa shape index (κ3) is 4.14. The lowest BCUT2D eigenvalue weighted by atomic mass is 9.88. The molecule has 1 saturated heterocycles. The van der Waals surface area contributed by atoms with Gasteiger partial charge in [-0.25, -0.2) is 4.39 Å². The normalized spacial score (nSPS) is 20.4. The Hall–Kier alpha value is -3.48. The van der Waals surface area contributed by atoms with Gasteiger partial charge in [-0.3, -0.25) is 4.90 Å². The number of aryl methyl sites for hydroxylation is 1. The summed E-state index contributed by atoms with van der Waals surface area (Å²) in [6.45, 7) is 6.10. The summed E-state index contributed by atoms with van der Waals surface area (Å²) in [4.78, 5) is 2.28. The summed E-state index contributed by atoms with van der Waals surface area (Å²) >= 11 is 0. The predicted molar refractivity (Wildman–Crippen MR) is 140 cm³/mol. The number of rotatable bonds is 6. The number of hydrogen-bond donors (Lipinski definition) is 1. The quantitative estimate of drug-likeness (QED) is 0.350. The summed E-state index contributed by atoms with van der Waals surface area (Å²) in [7, 11) is 0. The summed E-state index contributed by atoms with van der Waals surface area (Å²) in [5.74, 6) is 1.41. The second-order valence-electron chi connectivity index (χ2n) is 10.2. The van der Waals surface area contributed by atoms with E-state index < -0.39 is 5.60 Å². The van der Waals surface area contributed by atoms with E-state index in [4.69, 9.17) is 9.26 Å². The van der Waals surface area contributed by atoms with Gasteiger partial charge in [-0.15, -0.1) is 0 Å². The van der Waals surface area contributed by atoms with E-state index in [9.17, 15) is 9.50 Å². The van der Waals surface area contributed by atoms with Gasteiger partial charge >= 0.3 is 0 Å². The van der Waals surface area contributed by atoms with Crippen LogP contribution in [0.15, 0.2) is 77.3 Å². The van der Waals surface area contributed by atoms with Crippen LogP contribution < -0.4 is 4.74 Å². The average molecular weight is 499 g/mol. The van der Waals surface area contributed by atoms with Gasteiger partial charge in [-0.05, 0) is 55.0 Å². The molecule has 0 saturated carbocycles. The molecule has 37 heavy (non-hydrogen) atoms. The Kier molecular flexibility index (Phi) is 6.09. The monoisotopic (exact) mass is 498 g/mol. The Balaban J connectivity index is 1.22. The average Bonchev–Trinajstić information content (AvgIpc) is 3.49. The molecule has 2 heterocycles. The second kappa shape index (κ2) is 9.43. The van der Waals surface area contributed by atoms with Crippen molar-refractivity contribution in [1.29, 1.82) is 0 Å². The number of likely N-dealkylation sites (tertiary alicyclic amines) is 1. The lowest BCUT2D eigenvalue weighted by Crippen LogP contribution is -2.46. The van der Waals surface area contributed by atoms with Crippen molar-refractivity contribution >= 4 is 0 Å². The molecular weight excluding hydrogens is 467 g/mol. The highest BCUT2D eigenvalue weighted by Crippen LogP contribution is 2.50. The van der Waals surface area contributed by atoms with E-state index in [0.717, 1.165) is 41.6 Å². The maximum atomic E-state index is 14.1. The van der Waals surface area contributed by atoms with Crippen LogP contribution in [0.25, 0.3) is 11.1 Å². The van der Waals surface area contributed by atoms with E-state index in [0.29, 0.717) is 41.8 Å². The number of aromatic nitrogens is 1. The Morgan fingerprint density at radius 1 is 1.05 bits per heavy atom. The van der Waals surface area contributed by atoms with Crippen LogP contribution >= 0.6 is 0 Å². The van der Waals surface area contributed by atoms with E-state index in [2.05, 4.69) is 17.0 Å². The van der Waals surface area contributed by atoms with Crippen molar-refractivity contribution < 1.29 is 18.8 Å². The molecule has 5 nitrogen and oxygen atoms in total. The number of nitrogens with zero attached hydrogens (tertiary/aromatic N) is 2.